The zero-order valence-corrected chi connectivity index (χ0v) is 12.5. The first-order chi connectivity index (χ1) is 9.60. The Morgan fingerprint density at radius 1 is 1.25 bits per heavy atom. The molecule has 0 aromatic rings. The molecule has 20 heavy (non-hydrogen) atoms. The second-order valence-electron chi connectivity index (χ2n) is 5.69. The molecule has 0 aromatic heterocycles. The van der Waals surface area contributed by atoms with Gasteiger partial charge in [0.1, 0.15) is 6.04 Å². The van der Waals surface area contributed by atoms with E-state index in [1.54, 1.807) is 4.90 Å². The van der Waals surface area contributed by atoms with Crippen LogP contribution >= 0.6 is 0 Å². The molecule has 116 valence electrons. The highest BCUT2D eigenvalue weighted by atomic mass is 16.4. The fourth-order valence-corrected chi connectivity index (χ4v) is 2.86. The summed E-state index contributed by atoms with van der Waals surface area (Å²) >= 11 is 0. The van der Waals surface area contributed by atoms with Gasteiger partial charge in [0.25, 0.3) is 0 Å². The molecule has 0 aromatic carbocycles. The van der Waals surface area contributed by atoms with Gasteiger partial charge in [0.2, 0.25) is 5.91 Å². The standard InChI is InChI=1S/C15H28N2O3/c1-2-12-8-10-17(13(11-12)15(19)20)14(18)7-5-3-4-6-9-16/h12-13H,2-11,16H2,1H3,(H,19,20). The summed E-state index contributed by atoms with van der Waals surface area (Å²) < 4.78 is 0. The Balaban J connectivity index is 2.42. The Bertz CT molecular complexity index is 320. The molecule has 0 radical (unpaired) electrons. The monoisotopic (exact) mass is 284 g/mol. The molecule has 0 bridgehead atoms. The van der Waals surface area contributed by atoms with E-state index in [9.17, 15) is 14.7 Å². The highest BCUT2D eigenvalue weighted by Gasteiger charge is 2.35. The topological polar surface area (TPSA) is 83.6 Å². The van der Waals surface area contributed by atoms with Crippen LogP contribution in [0.15, 0.2) is 0 Å². The number of rotatable bonds is 8. The van der Waals surface area contributed by atoms with Crippen molar-refractivity contribution in [1.82, 2.24) is 4.90 Å². The molecule has 3 N–H and O–H groups in total. The zero-order valence-electron chi connectivity index (χ0n) is 12.5. The molecule has 0 spiro atoms. The fraction of sp³-hybridized carbons (Fsp3) is 0.867. The van der Waals surface area contributed by atoms with Crippen LogP contribution in [-0.4, -0.2) is 41.0 Å². The Kier molecular flexibility index (Phi) is 7.59. The van der Waals surface area contributed by atoms with E-state index >= 15 is 0 Å². The molecule has 1 fully saturated rings. The van der Waals surface area contributed by atoms with E-state index in [0.717, 1.165) is 38.5 Å². The summed E-state index contributed by atoms with van der Waals surface area (Å²) in [5.41, 5.74) is 5.42. The molecule has 1 heterocycles. The van der Waals surface area contributed by atoms with E-state index in [-0.39, 0.29) is 5.91 Å². The third-order valence-electron chi connectivity index (χ3n) is 4.24. The lowest BCUT2D eigenvalue weighted by molar-refractivity contribution is -0.153. The molecule has 1 aliphatic rings. The number of piperidine rings is 1. The number of hydrogen-bond donors (Lipinski definition) is 2. The van der Waals surface area contributed by atoms with Gasteiger partial charge in [-0.05, 0) is 38.1 Å². The maximum atomic E-state index is 12.2. The molecule has 5 heteroatoms. The summed E-state index contributed by atoms with van der Waals surface area (Å²) in [5, 5.41) is 9.30. The molecule has 5 nitrogen and oxygen atoms in total. The lowest BCUT2D eigenvalue weighted by Gasteiger charge is -2.37. The molecule has 1 aliphatic heterocycles. The number of amides is 1. The van der Waals surface area contributed by atoms with Crippen LogP contribution in [0.2, 0.25) is 0 Å². The molecule has 2 atom stereocenters. The van der Waals surface area contributed by atoms with Gasteiger partial charge in [-0.1, -0.05) is 26.2 Å². The Morgan fingerprint density at radius 2 is 1.95 bits per heavy atom. The van der Waals surface area contributed by atoms with Crippen LogP contribution in [0, 0.1) is 5.92 Å². The normalized spacial score (nSPS) is 22.8. The van der Waals surface area contributed by atoms with E-state index in [1.165, 1.54) is 0 Å². The largest absolute Gasteiger partial charge is 0.480 e. The Morgan fingerprint density at radius 3 is 2.55 bits per heavy atom. The number of likely N-dealkylation sites (tertiary alicyclic amines) is 1. The van der Waals surface area contributed by atoms with Crippen molar-refractivity contribution in [2.45, 2.75) is 64.3 Å². The van der Waals surface area contributed by atoms with Crippen LogP contribution in [-0.2, 0) is 9.59 Å². The maximum Gasteiger partial charge on any atom is 0.326 e. The lowest BCUT2D eigenvalue weighted by Crippen LogP contribution is -2.50. The molecular weight excluding hydrogens is 256 g/mol. The van der Waals surface area contributed by atoms with Crippen LogP contribution in [0.25, 0.3) is 0 Å². The summed E-state index contributed by atoms with van der Waals surface area (Å²) in [6.45, 7) is 3.37. The van der Waals surface area contributed by atoms with Gasteiger partial charge in [0.15, 0.2) is 0 Å². The van der Waals surface area contributed by atoms with Crippen molar-refractivity contribution >= 4 is 11.9 Å². The van der Waals surface area contributed by atoms with Crippen molar-refractivity contribution < 1.29 is 14.7 Å². The first kappa shape index (κ1) is 17.0. The Hall–Kier alpha value is -1.10. The SMILES string of the molecule is CCC1CCN(C(=O)CCCCCCN)C(C(=O)O)C1. The van der Waals surface area contributed by atoms with Gasteiger partial charge in [0.05, 0.1) is 0 Å². The van der Waals surface area contributed by atoms with Gasteiger partial charge in [0, 0.05) is 13.0 Å². The number of carbonyl (C=O) groups is 2. The number of carboxylic acid groups (broad SMARTS) is 1. The Labute approximate surface area is 121 Å². The number of hydrogen-bond acceptors (Lipinski definition) is 3. The van der Waals surface area contributed by atoms with Crippen molar-refractivity contribution in [1.29, 1.82) is 0 Å². The zero-order chi connectivity index (χ0) is 15.0. The van der Waals surface area contributed by atoms with Crippen LogP contribution in [0.3, 0.4) is 0 Å². The van der Waals surface area contributed by atoms with Crippen LogP contribution in [0.1, 0.15) is 58.3 Å². The van der Waals surface area contributed by atoms with E-state index in [2.05, 4.69) is 6.92 Å². The van der Waals surface area contributed by atoms with Gasteiger partial charge >= 0.3 is 5.97 Å². The van der Waals surface area contributed by atoms with Crippen molar-refractivity contribution in [3.8, 4) is 0 Å². The quantitative estimate of drug-likeness (QED) is 0.668. The van der Waals surface area contributed by atoms with Crippen molar-refractivity contribution in [2.24, 2.45) is 11.7 Å². The predicted octanol–water partition coefficient (Wildman–Crippen LogP) is 2.00. The minimum atomic E-state index is -0.861. The minimum Gasteiger partial charge on any atom is -0.480 e. The minimum absolute atomic E-state index is 0.000276. The molecule has 0 saturated carbocycles. The molecule has 0 aliphatic carbocycles. The number of nitrogens with zero attached hydrogens (tertiary/aromatic N) is 1. The number of unbranched alkanes of at least 4 members (excludes halogenated alkanes) is 3. The highest BCUT2D eigenvalue weighted by molar-refractivity contribution is 5.83. The molecule has 1 rings (SSSR count). The first-order valence-electron chi connectivity index (χ1n) is 7.82. The van der Waals surface area contributed by atoms with E-state index in [0.29, 0.717) is 31.8 Å². The summed E-state index contributed by atoms with van der Waals surface area (Å²) in [7, 11) is 0. The fourth-order valence-electron chi connectivity index (χ4n) is 2.86. The average molecular weight is 284 g/mol. The molecule has 1 amide bonds. The number of carboxylic acids is 1. The summed E-state index contributed by atoms with van der Waals surface area (Å²) in [6, 6.07) is -0.620. The second kappa shape index (κ2) is 8.95. The van der Waals surface area contributed by atoms with Crippen LogP contribution in [0.4, 0.5) is 0 Å². The second-order valence-corrected chi connectivity index (χ2v) is 5.69. The van der Waals surface area contributed by atoms with Crippen molar-refractivity contribution in [3.05, 3.63) is 0 Å². The third kappa shape index (κ3) is 5.12. The van der Waals surface area contributed by atoms with Gasteiger partial charge in [-0.25, -0.2) is 4.79 Å². The van der Waals surface area contributed by atoms with Crippen LogP contribution < -0.4 is 5.73 Å². The number of nitrogens with two attached hydrogens (primary N) is 1. The summed E-state index contributed by atoms with van der Waals surface area (Å²) in [4.78, 5) is 25.1. The van der Waals surface area contributed by atoms with Crippen LogP contribution in [0.5, 0.6) is 0 Å². The smallest absolute Gasteiger partial charge is 0.326 e. The first-order valence-corrected chi connectivity index (χ1v) is 7.82. The van der Waals surface area contributed by atoms with Gasteiger partial charge < -0.3 is 15.7 Å². The van der Waals surface area contributed by atoms with Gasteiger partial charge in [-0.3, -0.25) is 4.79 Å². The van der Waals surface area contributed by atoms with E-state index < -0.39 is 12.0 Å². The highest BCUT2D eigenvalue weighted by Crippen LogP contribution is 2.26. The maximum absolute atomic E-state index is 12.2. The van der Waals surface area contributed by atoms with Crippen molar-refractivity contribution in [2.75, 3.05) is 13.1 Å². The summed E-state index contributed by atoms with van der Waals surface area (Å²) in [5.74, 6) is -0.427. The lowest BCUT2D eigenvalue weighted by atomic mass is 9.88. The number of aliphatic carboxylic acids is 1. The van der Waals surface area contributed by atoms with Gasteiger partial charge in [-0.15, -0.1) is 0 Å². The average Bonchev–Trinajstić information content (AvgIpc) is 2.46. The third-order valence-corrected chi connectivity index (χ3v) is 4.24. The van der Waals surface area contributed by atoms with E-state index in [4.69, 9.17) is 5.73 Å². The summed E-state index contributed by atoms with van der Waals surface area (Å²) in [6.07, 6.45) is 6.85. The molecular formula is C15H28N2O3. The van der Waals surface area contributed by atoms with Crippen molar-refractivity contribution in [3.63, 3.8) is 0 Å². The molecule has 2 unspecified atom stereocenters. The molecule has 1 saturated heterocycles. The van der Waals surface area contributed by atoms with E-state index in [1.807, 2.05) is 0 Å². The number of carbonyl (C=O) groups excluding carboxylic acids is 1. The predicted molar refractivity (Wildman–Crippen MR) is 78.3 cm³/mol. The van der Waals surface area contributed by atoms with Gasteiger partial charge in [-0.2, -0.15) is 0 Å².